The molecule has 0 spiro atoms. The van der Waals surface area contributed by atoms with Crippen LogP contribution < -0.4 is 20.1 Å². The van der Waals surface area contributed by atoms with Gasteiger partial charge in [0.25, 0.3) is 0 Å². The molecule has 4 nitrogen and oxygen atoms in total. The Labute approximate surface area is 142 Å². The first-order valence-corrected chi connectivity index (χ1v) is 7.94. The standard InChI is InChI=1S/C18H22N2O2S/c1-4-22-17-11-14(8-9-16(17)21-3)12-19-18(23)20-15-7-5-6-13(2)10-15/h5-11H,4,12H2,1-3H3,(H2,19,20,23). The van der Waals surface area contributed by atoms with Gasteiger partial charge >= 0.3 is 0 Å². The van der Waals surface area contributed by atoms with Crippen LogP contribution in [0.1, 0.15) is 18.1 Å². The number of hydrogen-bond acceptors (Lipinski definition) is 3. The number of rotatable bonds is 6. The minimum Gasteiger partial charge on any atom is -0.493 e. The van der Waals surface area contributed by atoms with Crippen molar-refractivity contribution in [2.45, 2.75) is 20.4 Å². The molecule has 0 aliphatic carbocycles. The highest BCUT2D eigenvalue weighted by molar-refractivity contribution is 7.80. The number of ether oxygens (including phenoxy) is 2. The topological polar surface area (TPSA) is 42.5 Å². The summed E-state index contributed by atoms with van der Waals surface area (Å²) in [6.07, 6.45) is 0. The lowest BCUT2D eigenvalue weighted by Crippen LogP contribution is -2.27. The molecule has 5 heteroatoms. The van der Waals surface area contributed by atoms with Gasteiger partial charge in [0, 0.05) is 12.2 Å². The van der Waals surface area contributed by atoms with E-state index in [0.717, 1.165) is 22.7 Å². The first-order valence-electron chi connectivity index (χ1n) is 7.53. The zero-order chi connectivity index (χ0) is 16.7. The average Bonchev–Trinajstić information content (AvgIpc) is 2.53. The van der Waals surface area contributed by atoms with Crippen molar-refractivity contribution in [1.82, 2.24) is 5.32 Å². The number of methoxy groups -OCH3 is 1. The number of benzene rings is 2. The lowest BCUT2D eigenvalue weighted by atomic mass is 10.2. The second kappa shape index (κ2) is 8.39. The zero-order valence-electron chi connectivity index (χ0n) is 13.7. The number of hydrogen-bond donors (Lipinski definition) is 2. The predicted molar refractivity (Wildman–Crippen MR) is 98.4 cm³/mol. The van der Waals surface area contributed by atoms with Crippen LogP contribution in [0.2, 0.25) is 0 Å². The van der Waals surface area contributed by atoms with Crippen LogP contribution in [0.4, 0.5) is 5.69 Å². The minimum absolute atomic E-state index is 0.587. The summed E-state index contributed by atoms with van der Waals surface area (Å²) >= 11 is 5.33. The van der Waals surface area contributed by atoms with Crippen LogP contribution in [0.5, 0.6) is 11.5 Å². The van der Waals surface area contributed by atoms with E-state index in [1.807, 2.05) is 50.2 Å². The van der Waals surface area contributed by atoms with Crippen LogP contribution in [0.3, 0.4) is 0 Å². The molecule has 2 N–H and O–H groups in total. The Morgan fingerprint density at radius 2 is 1.96 bits per heavy atom. The summed E-state index contributed by atoms with van der Waals surface area (Å²) in [4.78, 5) is 0. The molecule has 0 unspecified atom stereocenters. The van der Waals surface area contributed by atoms with Crippen molar-refractivity contribution >= 4 is 23.0 Å². The molecular formula is C18H22N2O2S. The molecule has 0 aliphatic heterocycles. The van der Waals surface area contributed by atoms with Crippen molar-refractivity contribution in [3.05, 3.63) is 53.6 Å². The highest BCUT2D eigenvalue weighted by Gasteiger charge is 2.06. The molecule has 0 saturated heterocycles. The van der Waals surface area contributed by atoms with E-state index in [9.17, 15) is 0 Å². The first-order chi connectivity index (χ1) is 11.1. The molecule has 2 aromatic carbocycles. The molecular weight excluding hydrogens is 308 g/mol. The Balaban J connectivity index is 1.94. The van der Waals surface area contributed by atoms with E-state index in [-0.39, 0.29) is 0 Å². The van der Waals surface area contributed by atoms with Gasteiger partial charge in [-0.1, -0.05) is 18.2 Å². The fourth-order valence-corrected chi connectivity index (χ4v) is 2.37. The fraction of sp³-hybridized carbons (Fsp3) is 0.278. The monoisotopic (exact) mass is 330 g/mol. The Morgan fingerprint density at radius 1 is 1.13 bits per heavy atom. The number of nitrogens with one attached hydrogen (secondary N) is 2. The lowest BCUT2D eigenvalue weighted by Gasteiger charge is -2.13. The molecule has 0 bridgehead atoms. The zero-order valence-corrected chi connectivity index (χ0v) is 14.5. The van der Waals surface area contributed by atoms with Crippen molar-refractivity contribution in [3.63, 3.8) is 0 Å². The van der Waals surface area contributed by atoms with E-state index < -0.39 is 0 Å². The van der Waals surface area contributed by atoms with E-state index >= 15 is 0 Å². The SMILES string of the molecule is CCOc1cc(CNC(=S)Nc2cccc(C)c2)ccc1OC. The van der Waals surface area contributed by atoms with Gasteiger partial charge < -0.3 is 20.1 Å². The van der Waals surface area contributed by atoms with Crippen molar-refractivity contribution in [2.24, 2.45) is 0 Å². The van der Waals surface area contributed by atoms with Crippen LogP contribution in [0.15, 0.2) is 42.5 Å². The largest absolute Gasteiger partial charge is 0.493 e. The van der Waals surface area contributed by atoms with Gasteiger partial charge in [0.05, 0.1) is 13.7 Å². The van der Waals surface area contributed by atoms with Crippen molar-refractivity contribution in [2.75, 3.05) is 19.0 Å². The second-order valence-corrected chi connectivity index (χ2v) is 5.50. The summed E-state index contributed by atoms with van der Waals surface area (Å²) in [5.74, 6) is 1.47. The third kappa shape index (κ3) is 5.14. The van der Waals surface area contributed by atoms with Gasteiger partial charge in [-0.3, -0.25) is 0 Å². The summed E-state index contributed by atoms with van der Waals surface area (Å²) in [7, 11) is 1.64. The molecule has 0 aromatic heterocycles. The van der Waals surface area contributed by atoms with Gasteiger partial charge in [0.15, 0.2) is 16.6 Å². The lowest BCUT2D eigenvalue weighted by molar-refractivity contribution is 0.310. The third-order valence-electron chi connectivity index (χ3n) is 3.26. The highest BCUT2D eigenvalue weighted by Crippen LogP contribution is 2.27. The molecule has 23 heavy (non-hydrogen) atoms. The van der Waals surface area contributed by atoms with Gasteiger partial charge in [-0.05, 0) is 61.5 Å². The normalized spacial score (nSPS) is 10.0. The number of thiocarbonyl (C=S) groups is 1. The molecule has 0 heterocycles. The summed E-state index contributed by atoms with van der Waals surface area (Å²) in [6.45, 7) is 5.21. The third-order valence-corrected chi connectivity index (χ3v) is 3.50. The molecule has 2 rings (SSSR count). The second-order valence-electron chi connectivity index (χ2n) is 5.10. The summed E-state index contributed by atoms with van der Waals surface area (Å²) in [5, 5.41) is 6.96. The molecule has 0 fully saturated rings. The van der Waals surface area contributed by atoms with Gasteiger partial charge in [-0.15, -0.1) is 0 Å². The fourth-order valence-electron chi connectivity index (χ4n) is 2.18. The predicted octanol–water partition coefficient (Wildman–Crippen LogP) is 3.89. The van der Waals surface area contributed by atoms with Crippen LogP contribution in [0.25, 0.3) is 0 Å². The molecule has 0 atom stereocenters. The van der Waals surface area contributed by atoms with Crippen LogP contribution in [0, 0.1) is 6.92 Å². The minimum atomic E-state index is 0.587. The van der Waals surface area contributed by atoms with Crippen LogP contribution in [-0.2, 0) is 6.54 Å². The van der Waals surface area contributed by atoms with Crippen molar-refractivity contribution in [3.8, 4) is 11.5 Å². The van der Waals surface area contributed by atoms with Gasteiger partial charge in [-0.2, -0.15) is 0 Å². The quantitative estimate of drug-likeness (QED) is 0.787. The summed E-state index contributed by atoms with van der Waals surface area (Å²) in [5.41, 5.74) is 3.24. The van der Waals surface area contributed by atoms with E-state index in [1.165, 1.54) is 5.56 Å². The van der Waals surface area contributed by atoms with E-state index in [1.54, 1.807) is 7.11 Å². The average molecular weight is 330 g/mol. The number of anilines is 1. The Kier molecular flexibility index (Phi) is 6.23. The Morgan fingerprint density at radius 3 is 2.65 bits per heavy atom. The maximum absolute atomic E-state index is 5.58. The smallest absolute Gasteiger partial charge is 0.171 e. The van der Waals surface area contributed by atoms with E-state index in [0.29, 0.717) is 18.3 Å². The number of aryl methyl sites for hydroxylation is 1. The Hall–Kier alpha value is -2.27. The van der Waals surface area contributed by atoms with Gasteiger partial charge in [0.1, 0.15) is 0 Å². The molecule has 0 radical (unpaired) electrons. The molecule has 2 aromatic rings. The van der Waals surface area contributed by atoms with Gasteiger partial charge in [-0.25, -0.2) is 0 Å². The van der Waals surface area contributed by atoms with E-state index in [4.69, 9.17) is 21.7 Å². The highest BCUT2D eigenvalue weighted by atomic mass is 32.1. The molecule has 0 aliphatic rings. The Bertz CT molecular complexity index is 674. The molecule has 122 valence electrons. The van der Waals surface area contributed by atoms with Crippen LogP contribution in [-0.4, -0.2) is 18.8 Å². The first kappa shape index (κ1) is 17.1. The molecule has 0 amide bonds. The maximum Gasteiger partial charge on any atom is 0.171 e. The summed E-state index contributed by atoms with van der Waals surface area (Å²) in [6, 6.07) is 13.9. The van der Waals surface area contributed by atoms with Crippen molar-refractivity contribution < 1.29 is 9.47 Å². The summed E-state index contributed by atoms with van der Waals surface area (Å²) < 4.78 is 10.9. The van der Waals surface area contributed by atoms with Crippen molar-refractivity contribution in [1.29, 1.82) is 0 Å². The maximum atomic E-state index is 5.58. The van der Waals surface area contributed by atoms with Gasteiger partial charge in [0.2, 0.25) is 0 Å². The van der Waals surface area contributed by atoms with E-state index in [2.05, 4.69) is 16.7 Å². The van der Waals surface area contributed by atoms with Crippen LogP contribution >= 0.6 is 12.2 Å². The molecule has 0 saturated carbocycles.